The molecule has 0 atom stereocenters. The molecule has 0 radical (unpaired) electrons. The van der Waals surface area contributed by atoms with E-state index in [9.17, 15) is 4.79 Å². The van der Waals surface area contributed by atoms with Crippen molar-refractivity contribution in [1.82, 2.24) is 9.55 Å². The Hall–Kier alpha value is -0.850. The molecule has 1 aromatic heterocycles. The van der Waals surface area contributed by atoms with E-state index in [-0.39, 0.29) is 6.61 Å². The predicted molar refractivity (Wildman–Crippen MR) is 79.8 cm³/mol. The molecule has 0 aliphatic carbocycles. The number of ether oxygens (including phenoxy) is 1. The van der Waals surface area contributed by atoms with Gasteiger partial charge in [-0.1, -0.05) is 11.6 Å². The van der Waals surface area contributed by atoms with E-state index in [1.165, 1.54) is 0 Å². The van der Waals surface area contributed by atoms with Crippen molar-refractivity contribution in [3.05, 3.63) is 43.8 Å². The predicted octanol–water partition coefficient (Wildman–Crippen LogP) is 3.99. The fourth-order valence-corrected chi connectivity index (χ4v) is 3.08. The van der Waals surface area contributed by atoms with Crippen molar-refractivity contribution in [2.45, 2.75) is 6.61 Å². The average molecular weight is 408 g/mol. The zero-order valence-corrected chi connectivity index (χ0v) is 13.8. The number of aromatic nitrogens is 2. The van der Waals surface area contributed by atoms with Gasteiger partial charge in [0, 0.05) is 12.6 Å². The molecule has 2 aromatic rings. The molecule has 0 spiro atoms. The highest BCUT2D eigenvalue weighted by Gasteiger charge is 2.11. The molecule has 7 heteroatoms. The molecule has 0 fully saturated rings. The summed E-state index contributed by atoms with van der Waals surface area (Å²) in [4.78, 5) is 14.9. The molecule has 0 unspecified atom stereocenters. The first-order valence-electron chi connectivity index (χ1n) is 5.26. The van der Waals surface area contributed by atoms with Crippen molar-refractivity contribution in [3.8, 4) is 5.75 Å². The Labute approximate surface area is 132 Å². The third-order valence-electron chi connectivity index (χ3n) is 2.53. The Bertz CT molecular complexity index is 605. The molecule has 0 saturated carbocycles. The van der Waals surface area contributed by atoms with Gasteiger partial charge in [-0.05, 0) is 44.0 Å². The lowest BCUT2D eigenvalue weighted by atomic mass is 10.2. The summed E-state index contributed by atoms with van der Waals surface area (Å²) in [5.41, 5.74) is 0.561. The van der Waals surface area contributed by atoms with Crippen molar-refractivity contribution in [1.29, 1.82) is 0 Å². The van der Waals surface area contributed by atoms with Crippen molar-refractivity contribution in [3.63, 3.8) is 0 Å². The van der Waals surface area contributed by atoms with Crippen LogP contribution in [0, 0.1) is 0 Å². The fraction of sp³-hybridized carbons (Fsp3) is 0.167. The number of hydrogen-bond donors (Lipinski definition) is 0. The number of halogens is 3. The summed E-state index contributed by atoms with van der Waals surface area (Å²) in [7, 11) is 1.81. The maximum atomic E-state index is 10.7. The normalized spacial score (nSPS) is 10.5. The zero-order valence-electron chi connectivity index (χ0n) is 9.86. The Kier molecular flexibility index (Phi) is 4.65. The minimum Gasteiger partial charge on any atom is -0.483 e. The second kappa shape index (κ2) is 6.07. The summed E-state index contributed by atoms with van der Waals surface area (Å²) >= 11 is 12.6. The molecular weight excluding hydrogens is 399 g/mol. The van der Waals surface area contributed by atoms with Crippen LogP contribution in [0.4, 0.5) is 0 Å². The van der Waals surface area contributed by atoms with Gasteiger partial charge in [-0.3, -0.25) is 4.79 Å². The molecule has 0 N–H and O–H groups in total. The first-order chi connectivity index (χ1) is 9.02. The van der Waals surface area contributed by atoms with E-state index in [1.807, 2.05) is 7.05 Å². The molecule has 2 rings (SSSR count). The van der Waals surface area contributed by atoms with Gasteiger partial charge in [-0.25, -0.2) is 4.98 Å². The van der Waals surface area contributed by atoms with Crippen molar-refractivity contribution in [2.24, 2.45) is 7.05 Å². The lowest BCUT2D eigenvalue weighted by Crippen LogP contribution is -2.04. The number of benzene rings is 1. The van der Waals surface area contributed by atoms with Crippen LogP contribution in [0.25, 0.3) is 0 Å². The van der Waals surface area contributed by atoms with Gasteiger partial charge in [0.25, 0.3) is 0 Å². The van der Waals surface area contributed by atoms with E-state index < -0.39 is 0 Å². The van der Waals surface area contributed by atoms with Gasteiger partial charge in [0.15, 0.2) is 0 Å². The van der Waals surface area contributed by atoms with Crippen LogP contribution in [0.1, 0.15) is 16.2 Å². The van der Waals surface area contributed by atoms with Crippen LogP contribution in [-0.2, 0) is 13.7 Å². The van der Waals surface area contributed by atoms with Crippen LogP contribution in [0.2, 0.25) is 5.15 Å². The Morgan fingerprint density at radius 3 is 2.53 bits per heavy atom. The average Bonchev–Trinajstić information content (AvgIpc) is 2.69. The SMILES string of the molecule is Cn1c(Cl)cnc1COc1c(Br)cc(C=O)cc1Br. The standard InChI is InChI=1S/C12H9Br2ClN2O2/c1-17-10(15)4-16-11(17)6-19-12-8(13)2-7(5-18)3-9(12)14/h2-5H,6H2,1H3. The summed E-state index contributed by atoms with van der Waals surface area (Å²) in [6.45, 7) is 0.279. The van der Waals surface area contributed by atoms with Crippen LogP contribution in [0.15, 0.2) is 27.3 Å². The van der Waals surface area contributed by atoms with Crippen molar-refractivity contribution >= 4 is 49.7 Å². The third-order valence-corrected chi connectivity index (χ3v) is 4.06. The number of carbonyl (C=O) groups excluding carboxylic acids is 1. The van der Waals surface area contributed by atoms with Gasteiger partial charge in [0.2, 0.25) is 0 Å². The molecule has 0 saturated heterocycles. The van der Waals surface area contributed by atoms with Gasteiger partial charge in [0.05, 0.1) is 15.1 Å². The molecule has 100 valence electrons. The van der Waals surface area contributed by atoms with E-state index in [4.69, 9.17) is 16.3 Å². The van der Waals surface area contributed by atoms with E-state index in [2.05, 4.69) is 36.8 Å². The second-order valence-corrected chi connectivity index (χ2v) is 5.87. The van der Waals surface area contributed by atoms with Crippen LogP contribution < -0.4 is 4.74 Å². The smallest absolute Gasteiger partial charge is 0.150 e. The summed E-state index contributed by atoms with van der Waals surface area (Å²) in [5, 5.41) is 0.549. The first kappa shape index (κ1) is 14.6. The minimum atomic E-state index is 0.279. The number of aldehydes is 1. The highest BCUT2D eigenvalue weighted by atomic mass is 79.9. The van der Waals surface area contributed by atoms with Crippen LogP contribution in [-0.4, -0.2) is 15.8 Å². The lowest BCUT2D eigenvalue weighted by molar-refractivity contribution is 0.112. The summed E-state index contributed by atoms with van der Waals surface area (Å²) in [5.74, 6) is 1.33. The number of imidazole rings is 1. The van der Waals surface area contributed by atoms with Gasteiger partial charge in [0.1, 0.15) is 29.6 Å². The number of nitrogens with zero attached hydrogens (tertiary/aromatic N) is 2. The van der Waals surface area contributed by atoms with E-state index in [0.29, 0.717) is 31.2 Å². The van der Waals surface area contributed by atoms with Gasteiger partial charge in [-0.2, -0.15) is 0 Å². The van der Waals surface area contributed by atoms with Crippen molar-refractivity contribution < 1.29 is 9.53 Å². The van der Waals surface area contributed by atoms with Gasteiger partial charge < -0.3 is 9.30 Å². The molecule has 0 amide bonds. The van der Waals surface area contributed by atoms with E-state index in [0.717, 1.165) is 6.29 Å². The minimum absolute atomic E-state index is 0.279. The Morgan fingerprint density at radius 1 is 1.42 bits per heavy atom. The quantitative estimate of drug-likeness (QED) is 0.719. The van der Waals surface area contributed by atoms with E-state index in [1.54, 1.807) is 22.9 Å². The molecule has 1 heterocycles. The Morgan fingerprint density at radius 2 is 2.05 bits per heavy atom. The highest BCUT2D eigenvalue weighted by molar-refractivity contribution is 9.11. The van der Waals surface area contributed by atoms with Gasteiger partial charge >= 0.3 is 0 Å². The maximum Gasteiger partial charge on any atom is 0.150 e. The van der Waals surface area contributed by atoms with Crippen LogP contribution in [0.3, 0.4) is 0 Å². The molecule has 0 aliphatic heterocycles. The monoisotopic (exact) mass is 406 g/mol. The first-order valence-corrected chi connectivity index (χ1v) is 7.22. The molecule has 0 aliphatic rings. The number of rotatable bonds is 4. The highest BCUT2D eigenvalue weighted by Crippen LogP contribution is 2.34. The zero-order chi connectivity index (χ0) is 14.0. The summed E-state index contributed by atoms with van der Waals surface area (Å²) < 4.78 is 8.83. The summed E-state index contributed by atoms with van der Waals surface area (Å²) in [6, 6.07) is 3.39. The number of carbonyl (C=O) groups is 1. The van der Waals surface area contributed by atoms with Crippen molar-refractivity contribution in [2.75, 3.05) is 0 Å². The lowest BCUT2D eigenvalue weighted by Gasteiger charge is -2.11. The van der Waals surface area contributed by atoms with E-state index >= 15 is 0 Å². The molecular formula is C12H9Br2ClN2O2. The second-order valence-electron chi connectivity index (χ2n) is 3.78. The van der Waals surface area contributed by atoms with Crippen LogP contribution >= 0.6 is 43.5 Å². The van der Waals surface area contributed by atoms with Gasteiger partial charge in [-0.15, -0.1) is 0 Å². The number of hydrogen-bond acceptors (Lipinski definition) is 3. The fourth-order valence-electron chi connectivity index (χ4n) is 1.48. The maximum absolute atomic E-state index is 10.7. The Balaban J connectivity index is 2.20. The summed E-state index contributed by atoms with van der Waals surface area (Å²) in [6.07, 6.45) is 2.34. The topological polar surface area (TPSA) is 44.1 Å². The van der Waals surface area contributed by atoms with Crippen LogP contribution in [0.5, 0.6) is 5.75 Å². The molecule has 1 aromatic carbocycles. The molecule has 0 bridgehead atoms. The molecule has 4 nitrogen and oxygen atoms in total. The largest absolute Gasteiger partial charge is 0.483 e. The third kappa shape index (κ3) is 3.19. The molecule has 19 heavy (non-hydrogen) atoms.